The van der Waals surface area contributed by atoms with Gasteiger partial charge in [0, 0.05) is 0 Å². The summed E-state index contributed by atoms with van der Waals surface area (Å²) in [4.78, 5) is 0. The SMILES string of the molecule is C[C@]12CCCC(CCc3ccccc3)[C@@H]1CCC2. The lowest BCUT2D eigenvalue weighted by Gasteiger charge is -2.42. The van der Waals surface area contributed by atoms with Gasteiger partial charge in [-0.3, -0.25) is 0 Å². The summed E-state index contributed by atoms with van der Waals surface area (Å²) in [7, 11) is 0. The van der Waals surface area contributed by atoms with E-state index in [-0.39, 0.29) is 0 Å². The molecule has 3 atom stereocenters. The van der Waals surface area contributed by atoms with E-state index in [1.165, 1.54) is 56.9 Å². The third-order valence-electron chi connectivity index (χ3n) is 5.70. The Kier molecular flexibility index (Phi) is 3.46. The van der Waals surface area contributed by atoms with Gasteiger partial charge < -0.3 is 0 Å². The molecular formula is C18H26. The van der Waals surface area contributed by atoms with Gasteiger partial charge in [0.1, 0.15) is 0 Å². The van der Waals surface area contributed by atoms with Crippen LogP contribution < -0.4 is 0 Å². The first kappa shape index (κ1) is 12.3. The van der Waals surface area contributed by atoms with Crippen LogP contribution in [0.25, 0.3) is 0 Å². The Balaban J connectivity index is 1.62. The maximum absolute atomic E-state index is 2.57. The Morgan fingerprint density at radius 1 is 1.06 bits per heavy atom. The number of hydrogen-bond acceptors (Lipinski definition) is 0. The number of fused-ring (bicyclic) bond motifs is 1. The lowest BCUT2D eigenvalue weighted by molar-refractivity contribution is 0.0840. The first-order valence-electron chi connectivity index (χ1n) is 7.82. The van der Waals surface area contributed by atoms with Gasteiger partial charge in [0.15, 0.2) is 0 Å². The van der Waals surface area contributed by atoms with Crippen LogP contribution >= 0.6 is 0 Å². The van der Waals surface area contributed by atoms with Crippen LogP contribution in [-0.2, 0) is 6.42 Å². The summed E-state index contributed by atoms with van der Waals surface area (Å²) in [5, 5.41) is 0. The van der Waals surface area contributed by atoms with Crippen molar-refractivity contribution in [1.82, 2.24) is 0 Å². The smallest absolute Gasteiger partial charge is 0.0276 e. The third kappa shape index (κ3) is 2.35. The number of aryl methyl sites for hydroxylation is 1. The third-order valence-corrected chi connectivity index (χ3v) is 5.70. The van der Waals surface area contributed by atoms with Crippen molar-refractivity contribution in [2.75, 3.05) is 0 Å². The highest BCUT2D eigenvalue weighted by molar-refractivity contribution is 5.14. The minimum absolute atomic E-state index is 0.708. The predicted octanol–water partition coefficient (Wildman–Crippen LogP) is 5.23. The monoisotopic (exact) mass is 242 g/mol. The molecule has 0 heteroatoms. The molecule has 0 radical (unpaired) electrons. The minimum atomic E-state index is 0.708. The van der Waals surface area contributed by atoms with Crippen LogP contribution in [0.1, 0.15) is 57.4 Å². The zero-order valence-electron chi connectivity index (χ0n) is 11.7. The van der Waals surface area contributed by atoms with Crippen molar-refractivity contribution in [3.05, 3.63) is 35.9 Å². The molecule has 0 amide bonds. The molecule has 1 aromatic rings. The molecule has 18 heavy (non-hydrogen) atoms. The number of hydrogen-bond donors (Lipinski definition) is 0. The summed E-state index contributed by atoms with van der Waals surface area (Å²) in [5.41, 5.74) is 2.24. The quantitative estimate of drug-likeness (QED) is 0.681. The molecule has 0 aliphatic heterocycles. The van der Waals surface area contributed by atoms with E-state index in [0.29, 0.717) is 5.41 Å². The number of rotatable bonds is 3. The van der Waals surface area contributed by atoms with Crippen molar-refractivity contribution in [1.29, 1.82) is 0 Å². The Bertz CT molecular complexity index is 380. The first-order chi connectivity index (χ1) is 8.78. The van der Waals surface area contributed by atoms with E-state index in [0.717, 1.165) is 11.8 Å². The largest absolute Gasteiger partial charge is 0.0622 e. The maximum Gasteiger partial charge on any atom is -0.0276 e. The van der Waals surface area contributed by atoms with Gasteiger partial charge in [-0.1, -0.05) is 56.5 Å². The average molecular weight is 242 g/mol. The van der Waals surface area contributed by atoms with E-state index >= 15 is 0 Å². The van der Waals surface area contributed by atoms with Crippen molar-refractivity contribution in [2.24, 2.45) is 17.3 Å². The van der Waals surface area contributed by atoms with Crippen molar-refractivity contribution < 1.29 is 0 Å². The predicted molar refractivity (Wildman–Crippen MR) is 77.6 cm³/mol. The van der Waals surface area contributed by atoms with E-state index in [1.54, 1.807) is 0 Å². The minimum Gasteiger partial charge on any atom is -0.0622 e. The Hall–Kier alpha value is -0.780. The molecule has 0 nitrogen and oxygen atoms in total. The lowest BCUT2D eigenvalue weighted by atomic mass is 9.63. The Morgan fingerprint density at radius 3 is 2.56 bits per heavy atom. The van der Waals surface area contributed by atoms with Crippen LogP contribution in [0.3, 0.4) is 0 Å². The van der Waals surface area contributed by atoms with Gasteiger partial charge >= 0.3 is 0 Å². The summed E-state index contributed by atoms with van der Waals surface area (Å²) < 4.78 is 0. The van der Waals surface area contributed by atoms with Crippen LogP contribution in [0.5, 0.6) is 0 Å². The van der Waals surface area contributed by atoms with Gasteiger partial charge in [-0.15, -0.1) is 0 Å². The molecular weight excluding hydrogens is 216 g/mol. The van der Waals surface area contributed by atoms with Crippen molar-refractivity contribution in [2.45, 2.75) is 58.3 Å². The van der Waals surface area contributed by atoms with Gasteiger partial charge in [0.05, 0.1) is 0 Å². The molecule has 0 heterocycles. The van der Waals surface area contributed by atoms with Crippen LogP contribution in [-0.4, -0.2) is 0 Å². The van der Waals surface area contributed by atoms with Crippen LogP contribution in [0.15, 0.2) is 30.3 Å². The fourth-order valence-corrected chi connectivity index (χ4v) is 4.69. The molecule has 2 fully saturated rings. The molecule has 0 aromatic heterocycles. The van der Waals surface area contributed by atoms with Gasteiger partial charge in [-0.05, 0) is 54.9 Å². The molecule has 0 bridgehead atoms. The van der Waals surface area contributed by atoms with Gasteiger partial charge in [0.25, 0.3) is 0 Å². The Morgan fingerprint density at radius 2 is 1.78 bits per heavy atom. The summed E-state index contributed by atoms with van der Waals surface area (Å²) in [6.45, 7) is 2.57. The average Bonchev–Trinajstić information content (AvgIpc) is 2.79. The molecule has 2 saturated carbocycles. The second-order valence-electron chi connectivity index (χ2n) is 6.83. The highest BCUT2D eigenvalue weighted by Gasteiger charge is 2.44. The van der Waals surface area contributed by atoms with E-state index in [9.17, 15) is 0 Å². The highest BCUT2D eigenvalue weighted by Crippen LogP contribution is 2.55. The zero-order chi connectivity index (χ0) is 12.4. The van der Waals surface area contributed by atoms with Gasteiger partial charge in [-0.2, -0.15) is 0 Å². The van der Waals surface area contributed by atoms with E-state index in [2.05, 4.69) is 37.3 Å². The summed E-state index contributed by atoms with van der Waals surface area (Å²) >= 11 is 0. The first-order valence-corrected chi connectivity index (χ1v) is 7.82. The van der Waals surface area contributed by atoms with Crippen molar-refractivity contribution in [3.8, 4) is 0 Å². The highest BCUT2D eigenvalue weighted by atomic mass is 14.5. The van der Waals surface area contributed by atoms with E-state index < -0.39 is 0 Å². The second kappa shape index (κ2) is 5.07. The molecule has 0 N–H and O–H groups in total. The second-order valence-corrected chi connectivity index (χ2v) is 6.83. The summed E-state index contributed by atoms with van der Waals surface area (Å²) in [6, 6.07) is 11.1. The molecule has 2 aliphatic rings. The van der Waals surface area contributed by atoms with Crippen LogP contribution in [0.2, 0.25) is 0 Å². The fourth-order valence-electron chi connectivity index (χ4n) is 4.69. The lowest BCUT2D eigenvalue weighted by Crippen LogP contribution is -2.33. The van der Waals surface area contributed by atoms with Crippen LogP contribution in [0, 0.1) is 17.3 Å². The standard InChI is InChI=1S/C18H26/c1-18-13-5-9-16(17(18)10-6-14-18)12-11-15-7-3-2-4-8-15/h2-4,7-8,16-17H,5-6,9-14H2,1H3/t16?,17-,18+/m0/s1. The van der Waals surface area contributed by atoms with Gasteiger partial charge in [0.2, 0.25) is 0 Å². The van der Waals surface area contributed by atoms with E-state index in [1.807, 2.05) is 0 Å². The summed E-state index contributed by atoms with van der Waals surface area (Å²) in [6.07, 6.45) is 11.7. The van der Waals surface area contributed by atoms with Crippen molar-refractivity contribution in [3.63, 3.8) is 0 Å². The molecule has 3 rings (SSSR count). The molecule has 98 valence electrons. The molecule has 1 unspecified atom stereocenters. The molecule has 1 aromatic carbocycles. The molecule has 0 saturated heterocycles. The fraction of sp³-hybridized carbons (Fsp3) is 0.667. The summed E-state index contributed by atoms with van der Waals surface area (Å²) in [5.74, 6) is 2.04. The zero-order valence-corrected chi connectivity index (χ0v) is 11.7. The normalized spacial score (nSPS) is 35.4. The maximum atomic E-state index is 2.57. The Labute approximate surface area is 112 Å². The number of benzene rings is 1. The topological polar surface area (TPSA) is 0 Å². The molecule has 0 spiro atoms. The van der Waals surface area contributed by atoms with Crippen LogP contribution in [0.4, 0.5) is 0 Å². The van der Waals surface area contributed by atoms with E-state index in [4.69, 9.17) is 0 Å². The van der Waals surface area contributed by atoms with Crippen molar-refractivity contribution >= 4 is 0 Å². The van der Waals surface area contributed by atoms with Gasteiger partial charge in [-0.25, -0.2) is 0 Å². The molecule has 2 aliphatic carbocycles.